The predicted octanol–water partition coefficient (Wildman–Crippen LogP) is 4.04. The topological polar surface area (TPSA) is 93.9 Å². The zero-order valence-corrected chi connectivity index (χ0v) is 14.2. The number of halogens is 2. The van der Waals surface area contributed by atoms with Gasteiger partial charge in [-0.1, -0.05) is 42.2 Å². The molecule has 7 nitrogen and oxygen atoms in total. The Morgan fingerprint density at radius 2 is 1.92 bits per heavy atom. The standard InChI is InChI=1S/C15H12Cl2N4O3/c1-7(2)9-5-12(19-20-15(9)22)24-13-10(16)3-8(4-11(13)17)14-18-6-23-21-14/h3-7H,1-2H3,(H,20,22). The van der Waals surface area contributed by atoms with E-state index in [0.29, 0.717) is 17.0 Å². The first-order chi connectivity index (χ1) is 11.5. The molecule has 0 radical (unpaired) electrons. The minimum absolute atomic E-state index is 0.0191. The van der Waals surface area contributed by atoms with E-state index >= 15 is 0 Å². The summed E-state index contributed by atoms with van der Waals surface area (Å²) in [5.41, 5.74) is 0.876. The molecule has 0 aliphatic rings. The molecule has 0 saturated carbocycles. The first-order valence-corrected chi connectivity index (χ1v) is 7.74. The second-order valence-electron chi connectivity index (χ2n) is 5.27. The number of ether oxygens (including phenoxy) is 1. The second kappa shape index (κ2) is 6.62. The molecule has 9 heteroatoms. The number of hydrogen-bond acceptors (Lipinski definition) is 6. The lowest BCUT2D eigenvalue weighted by atomic mass is 10.1. The van der Waals surface area contributed by atoms with E-state index in [1.807, 2.05) is 13.8 Å². The van der Waals surface area contributed by atoms with Crippen molar-refractivity contribution in [3.63, 3.8) is 0 Å². The summed E-state index contributed by atoms with van der Waals surface area (Å²) in [5, 5.41) is 10.5. The Hall–Kier alpha value is -2.38. The molecule has 0 fully saturated rings. The quantitative estimate of drug-likeness (QED) is 0.748. The van der Waals surface area contributed by atoms with Gasteiger partial charge in [0.05, 0.1) is 10.0 Å². The van der Waals surface area contributed by atoms with Crippen molar-refractivity contribution in [3.8, 4) is 23.0 Å². The number of H-pyrrole nitrogens is 1. The molecule has 1 N–H and O–H groups in total. The number of aromatic amines is 1. The Morgan fingerprint density at radius 3 is 2.50 bits per heavy atom. The average Bonchev–Trinajstić information content (AvgIpc) is 3.06. The molecule has 0 unspecified atom stereocenters. The van der Waals surface area contributed by atoms with Gasteiger partial charge in [-0.25, -0.2) is 5.10 Å². The summed E-state index contributed by atoms with van der Waals surface area (Å²) >= 11 is 12.5. The average molecular weight is 367 g/mol. The highest BCUT2D eigenvalue weighted by Crippen LogP contribution is 2.39. The van der Waals surface area contributed by atoms with Crippen LogP contribution in [0.2, 0.25) is 10.0 Å². The molecule has 0 atom stereocenters. The van der Waals surface area contributed by atoms with Gasteiger partial charge < -0.3 is 9.26 Å². The van der Waals surface area contributed by atoms with Gasteiger partial charge in [0.2, 0.25) is 18.1 Å². The van der Waals surface area contributed by atoms with Crippen LogP contribution in [-0.4, -0.2) is 20.3 Å². The maximum Gasteiger partial charge on any atom is 0.267 e. The fourth-order valence-electron chi connectivity index (χ4n) is 2.07. The van der Waals surface area contributed by atoms with Gasteiger partial charge in [-0.2, -0.15) is 4.98 Å². The Kier molecular flexibility index (Phi) is 4.55. The van der Waals surface area contributed by atoms with E-state index < -0.39 is 0 Å². The summed E-state index contributed by atoms with van der Waals surface area (Å²) in [5.74, 6) is 0.787. The van der Waals surface area contributed by atoms with Crippen molar-refractivity contribution in [3.05, 3.63) is 50.6 Å². The molecular formula is C15H12Cl2N4O3. The van der Waals surface area contributed by atoms with Crippen LogP contribution in [0.25, 0.3) is 11.4 Å². The molecule has 2 heterocycles. The third-order valence-corrected chi connectivity index (χ3v) is 3.82. The van der Waals surface area contributed by atoms with Crippen LogP contribution in [0.15, 0.2) is 33.9 Å². The smallest absolute Gasteiger partial charge is 0.267 e. The molecule has 0 spiro atoms. The summed E-state index contributed by atoms with van der Waals surface area (Å²) in [4.78, 5) is 15.7. The number of aromatic nitrogens is 4. The van der Waals surface area contributed by atoms with Crippen molar-refractivity contribution < 1.29 is 9.26 Å². The fraction of sp³-hybridized carbons (Fsp3) is 0.200. The van der Waals surface area contributed by atoms with Gasteiger partial charge in [0.1, 0.15) is 0 Å². The number of benzene rings is 1. The Labute approximate surface area is 146 Å². The van der Waals surface area contributed by atoms with E-state index in [4.69, 9.17) is 32.5 Å². The molecule has 2 aromatic heterocycles. The Balaban J connectivity index is 1.96. The van der Waals surface area contributed by atoms with Gasteiger partial charge in [0, 0.05) is 17.2 Å². The summed E-state index contributed by atoms with van der Waals surface area (Å²) in [6.45, 7) is 3.79. The number of rotatable bonds is 4. The SMILES string of the molecule is CC(C)c1cc(Oc2c(Cl)cc(-c3ncon3)cc2Cl)n[nH]c1=O. The molecule has 3 aromatic rings. The van der Waals surface area contributed by atoms with E-state index in [1.165, 1.54) is 6.39 Å². The normalized spacial score (nSPS) is 11.0. The molecule has 0 saturated heterocycles. The summed E-state index contributed by atoms with van der Waals surface area (Å²) in [7, 11) is 0. The highest BCUT2D eigenvalue weighted by molar-refractivity contribution is 6.37. The monoisotopic (exact) mass is 366 g/mol. The van der Waals surface area contributed by atoms with Crippen molar-refractivity contribution in [1.29, 1.82) is 0 Å². The minimum Gasteiger partial charge on any atom is -0.434 e. The number of nitrogens with one attached hydrogen (secondary N) is 1. The maximum atomic E-state index is 11.7. The largest absolute Gasteiger partial charge is 0.434 e. The molecule has 0 bridgehead atoms. The zero-order chi connectivity index (χ0) is 17.3. The Morgan fingerprint density at radius 1 is 1.21 bits per heavy atom. The summed E-state index contributed by atoms with van der Waals surface area (Å²) in [6, 6.07) is 4.76. The van der Waals surface area contributed by atoms with Crippen LogP contribution >= 0.6 is 23.2 Å². The lowest BCUT2D eigenvalue weighted by Crippen LogP contribution is -2.15. The van der Waals surface area contributed by atoms with Gasteiger partial charge in [0.25, 0.3) is 5.56 Å². The van der Waals surface area contributed by atoms with Crippen LogP contribution in [-0.2, 0) is 0 Å². The van der Waals surface area contributed by atoms with Crippen molar-refractivity contribution in [1.82, 2.24) is 20.3 Å². The third-order valence-electron chi connectivity index (χ3n) is 3.26. The van der Waals surface area contributed by atoms with Crippen LogP contribution < -0.4 is 10.3 Å². The van der Waals surface area contributed by atoms with Crippen LogP contribution in [0.3, 0.4) is 0 Å². The van der Waals surface area contributed by atoms with E-state index in [0.717, 1.165) is 0 Å². The molecule has 1 aromatic carbocycles. The van der Waals surface area contributed by atoms with Crippen LogP contribution in [0, 0.1) is 0 Å². The predicted molar refractivity (Wildman–Crippen MR) is 88.8 cm³/mol. The van der Waals surface area contributed by atoms with Crippen molar-refractivity contribution >= 4 is 23.2 Å². The van der Waals surface area contributed by atoms with Crippen molar-refractivity contribution in [2.45, 2.75) is 19.8 Å². The molecule has 24 heavy (non-hydrogen) atoms. The fourth-order valence-corrected chi connectivity index (χ4v) is 2.64. The lowest BCUT2D eigenvalue weighted by Gasteiger charge is -2.11. The molecular weight excluding hydrogens is 355 g/mol. The summed E-state index contributed by atoms with van der Waals surface area (Å²) in [6.07, 6.45) is 1.21. The highest BCUT2D eigenvalue weighted by Gasteiger charge is 2.16. The van der Waals surface area contributed by atoms with Crippen LogP contribution in [0.4, 0.5) is 0 Å². The molecule has 3 rings (SSSR count). The van der Waals surface area contributed by atoms with E-state index in [-0.39, 0.29) is 33.2 Å². The number of nitrogens with zero attached hydrogens (tertiary/aromatic N) is 3. The van der Waals surface area contributed by atoms with Crippen molar-refractivity contribution in [2.75, 3.05) is 0 Å². The molecule has 0 aliphatic carbocycles. The second-order valence-corrected chi connectivity index (χ2v) is 6.09. The molecule has 0 amide bonds. The lowest BCUT2D eigenvalue weighted by molar-refractivity contribution is 0.418. The number of hydrogen-bond donors (Lipinski definition) is 1. The minimum atomic E-state index is -0.262. The van der Waals surface area contributed by atoms with E-state index in [1.54, 1.807) is 18.2 Å². The Bertz CT molecular complexity index is 900. The van der Waals surface area contributed by atoms with E-state index in [9.17, 15) is 4.79 Å². The van der Waals surface area contributed by atoms with Gasteiger partial charge in [-0.15, -0.1) is 5.10 Å². The van der Waals surface area contributed by atoms with Crippen LogP contribution in [0.5, 0.6) is 11.6 Å². The van der Waals surface area contributed by atoms with E-state index in [2.05, 4.69) is 20.3 Å². The highest BCUT2D eigenvalue weighted by atomic mass is 35.5. The molecule has 124 valence electrons. The van der Waals surface area contributed by atoms with Gasteiger partial charge in [0.15, 0.2) is 5.75 Å². The van der Waals surface area contributed by atoms with Gasteiger partial charge in [-0.05, 0) is 18.1 Å². The van der Waals surface area contributed by atoms with Crippen LogP contribution in [0.1, 0.15) is 25.3 Å². The summed E-state index contributed by atoms with van der Waals surface area (Å²) < 4.78 is 10.3. The third kappa shape index (κ3) is 3.27. The van der Waals surface area contributed by atoms with Gasteiger partial charge in [-0.3, -0.25) is 4.79 Å². The zero-order valence-electron chi connectivity index (χ0n) is 12.7. The molecule has 0 aliphatic heterocycles. The maximum absolute atomic E-state index is 11.7. The first kappa shape index (κ1) is 16.5. The first-order valence-electron chi connectivity index (χ1n) is 6.99. The van der Waals surface area contributed by atoms with Crippen molar-refractivity contribution in [2.24, 2.45) is 0 Å². The van der Waals surface area contributed by atoms with Gasteiger partial charge >= 0.3 is 0 Å².